The van der Waals surface area contributed by atoms with Crippen molar-refractivity contribution in [1.29, 1.82) is 0 Å². The largest absolute Gasteiger partial charge is 0.369 e. The van der Waals surface area contributed by atoms with Crippen molar-refractivity contribution in [2.45, 2.75) is 52.2 Å². The predicted octanol–water partition coefficient (Wildman–Crippen LogP) is 0.141. The van der Waals surface area contributed by atoms with Crippen molar-refractivity contribution in [3.63, 3.8) is 0 Å². The molecule has 1 aliphatic rings. The summed E-state index contributed by atoms with van der Waals surface area (Å²) in [6.07, 6.45) is 0.937. The van der Waals surface area contributed by atoms with Crippen LogP contribution in [0.1, 0.15) is 40.0 Å². The van der Waals surface area contributed by atoms with Crippen molar-refractivity contribution in [3.05, 3.63) is 0 Å². The maximum atomic E-state index is 11.8. The SMILES string of the molecule is CCC1OCC(=O)C1NC(=O)CCC(C)(C)C(N)=O. The van der Waals surface area contributed by atoms with Crippen molar-refractivity contribution >= 4 is 17.6 Å². The van der Waals surface area contributed by atoms with Crippen LogP contribution in [-0.4, -0.2) is 36.4 Å². The van der Waals surface area contributed by atoms with E-state index >= 15 is 0 Å². The van der Waals surface area contributed by atoms with Crippen LogP contribution in [0.4, 0.5) is 0 Å². The van der Waals surface area contributed by atoms with Gasteiger partial charge in [-0.15, -0.1) is 0 Å². The van der Waals surface area contributed by atoms with Crippen LogP contribution >= 0.6 is 0 Å². The van der Waals surface area contributed by atoms with Gasteiger partial charge in [-0.2, -0.15) is 0 Å². The number of hydrogen-bond donors (Lipinski definition) is 2. The lowest BCUT2D eigenvalue weighted by Crippen LogP contribution is -2.45. The average Bonchev–Trinajstić information content (AvgIpc) is 2.68. The van der Waals surface area contributed by atoms with Gasteiger partial charge in [0.1, 0.15) is 12.6 Å². The molecule has 1 aliphatic heterocycles. The normalized spacial score (nSPS) is 23.4. The maximum Gasteiger partial charge on any atom is 0.223 e. The lowest BCUT2D eigenvalue weighted by Gasteiger charge is -2.21. The molecule has 0 aromatic rings. The van der Waals surface area contributed by atoms with Crippen LogP contribution in [0.15, 0.2) is 0 Å². The van der Waals surface area contributed by atoms with E-state index in [0.717, 1.165) is 0 Å². The van der Waals surface area contributed by atoms with Gasteiger partial charge in [0, 0.05) is 11.8 Å². The Hall–Kier alpha value is -1.43. The highest BCUT2D eigenvalue weighted by Gasteiger charge is 2.36. The molecule has 0 aromatic carbocycles. The molecule has 0 aromatic heterocycles. The number of hydrogen-bond acceptors (Lipinski definition) is 4. The zero-order chi connectivity index (χ0) is 14.6. The van der Waals surface area contributed by atoms with E-state index in [1.165, 1.54) is 0 Å². The molecule has 0 aliphatic carbocycles. The van der Waals surface area contributed by atoms with Gasteiger partial charge >= 0.3 is 0 Å². The van der Waals surface area contributed by atoms with E-state index in [4.69, 9.17) is 10.5 Å². The zero-order valence-corrected chi connectivity index (χ0v) is 11.7. The first-order valence-corrected chi connectivity index (χ1v) is 6.51. The quantitative estimate of drug-likeness (QED) is 0.717. The number of rotatable bonds is 6. The molecule has 6 heteroatoms. The van der Waals surface area contributed by atoms with E-state index in [1.807, 2.05) is 6.92 Å². The number of ether oxygens (including phenoxy) is 1. The van der Waals surface area contributed by atoms with Crippen LogP contribution in [0.5, 0.6) is 0 Å². The van der Waals surface area contributed by atoms with Gasteiger partial charge in [-0.05, 0) is 12.8 Å². The summed E-state index contributed by atoms with van der Waals surface area (Å²) in [4.78, 5) is 34.5. The van der Waals surface area contributed by atoms with Crippen LogP contribution in [0.25, 0.3) is 0 Å². The third-order valence-electron chi connectivity index (χ3n) is 3.52. The third kappa shape index (κ3) is 4.02. The molecule has 2 amide bonds. The highest BCUT2D eigenvalue weighted by molar-refractivity contribution is 5.92. The summed E-state index contributed by atoms with van der Waals surface area (Å²) in [7, 11) is 0. The number of carbonyl (C=O) groups is 3. The number of nitrogens with one attached hydrogen (secondary N) is 1. The fourth-order valence-corrected chi connectivity index (χ4v) is 1.90. The first kappa shape index (κ1) is 15.6. The highest BCUT2D eigenvalue weighted by atomic mass is 16.5. The number of Topliss-reactive ketones (excluding diaryl/α,β-unsaturated/α-hetero) is 1. The molecule has 3 N–H and O–H groups in total. The van der Waals surface area contributed by atoms with Crippen molar-refractivity contribution in [3.8, 4) is 0 Å². The standard InChI is InChI=1S/C13H22N2O4/c1-4-9-11(8(16)7-19-9)15-10(17)5-6-13(2,3)12(14)18/h9,11H,4-7H2,1-3H3,(H2,14,18)(H,15,17). The van der Waals surface area contributed by atoms with Crippen LogP contribution in [-0.2, 0) is 19.1 Å². The molecule has 6 nitrogen and oxygen atoms in total. The van der Waals surface area contributed by atoms with Gasteiger partial charge in [0.25, 0.3) is 0 Å². The summed E-state index contributed by atoms with van der Waals surface area (Å²) >= 11 is 0. The van der Waals surface area contributed by atoms with E-state index < -0.39 is 17.4 Å². The molecule has 2 unspecified atom stereocenters. The molecule has 19 heavy (non-hydrogen) atoms. The second kappa shape index (κ2) is 6.14. The van der Waals surface area contributed by atoms with Crippen molar-refractivity contribution in [2.24, 2.45) is 11.1 Å². The molecule has 0 radical (unpaired) electrons. The van der Waals surface area contributed by atoms with Gasteiger partial charge in [0.05, 0.1) is 6.10 Å². The number of ketones is 1. The first-order valence-electron chi connectivity index (χ1n) is 6.51. The zero-order valence-electron chi connectivity index (χ0n) is 11.7. The Morgan fingerprint density at radius 2 is 2.11 bits per heavy atom. The summed E-state index contributed by atoms with van der Waals surface area (Å²) in [5, 5.41) is 2.68. The fourth-order valence-electron chi connectivity index (χ4n) is 1.90. The second-order valence-electron chi connectivity index (χ2n) is 5.52. The van der Waals surface area contributed by atoms with Gasteiger partial charge in [-0.25, -0.2) is 0 Å². The van der Waals surface area contributed by atoms with Gasteiger partial charge in [-0.3, -0.25) is 14.4 Å². The minimum absolute atomic E-state index is 0.0518. The second-order valence-corrected chi connectivity index (χ2v) is 5.52. The van der Waals surface area contributed by atoms with E-state index in [0.29, 0.717) is 12.8 Å². The average molecular weight is 270 g/mol. The van der Waals surface area contributed by atoms with E-state index in [-0.39, 0.29) is 30.8 Å². The Morgan fingerprint density at radius 3 is 2.63 bits per heavy atom. The van der Waals surface area contributed by atoms with E-state index in [2.05, 4.69) is 5.32 Å². The van der Waals surface area contributed by atoms with Crippen LogP contribution in [0, 0.1) is 5.41 Å². The van der Waals surface area contributed by atoms with Crippen LogP contribution in [0.3, 0.4) is 0 Å². The molecule has 2 atom stereocenters. The summed E-state index contributed by atoms with van der Waals surface area (Å²) < 4.78 is 5.27. The smallest absolute Gasteiger partial charge is 0.223 e. The molecule has 1 heterocycles. The Labute approximate surface area is 113 Å². The third-order valence-corrected chi connectivity index (χ3v) is 3.52. The molecular formula is C13H22N2O4. The Balaban J connectivity index is 2.47. The molecule has 1 rings (SSSR count). The van der Waals surface area contributed by atoms with Gasteiger partial charge in [0.2, 0.25) is 11.8 Å². The summed E-state index contributed by atoms with van der Waals surface area (Å²) in [5.74, 6) is -0.794. The van der Waals surface area contributed by atoms with E-state index in [1.54, 1.807) is 13.8 Å². The summed E-state index contributed by atoms with van der Waals surface area (Å²) in [5.41, 5.74) is 4.52. The lowest BCUT2D eigenvalue weighted by atomic mass is 9.87. The molecular weight excluding hydrogens is 248 g/mol. The van der Waals surface area contributed by atoms with Gasteiger partial charge in [0.15, 0.2) is 5.78 Å². The number of primary amides is 1. The molecule has 0 spiro atoms. The van der Waals surface area contributed by atoms with Gasteiger partial charge in [-0.1, -0.05) is 20.8 Å². The Morgan fingerprint density at radius 1 is 1.47 bits per heavy atom. The summed E-state index contributed by atoms with van der Waals surface area (Å²) in [6, 6.07) is -0.561. The molecule has 0 saturated carbocycles. The van der Waals surface area contributed by atoms with Crippen LogP contribution < -0.4 is 11.1 Å². The molecule has 1 fully saturated rings. The summed E-state index contributed by atoms with van der Waals surface area (Å²) in [6.45, 7) is 5.34. The first-order chi connectivity index (χ1) is 8.77. The lowest BCUT2D eigenvalue weighted by molar-refractivity contribution is -0.129. The maximum absolute atomic E-state index is 11.8. The molecule has 0 bridgehead atoms. The number of nitrogens with two attached hydrogens (primary N) is 1. The van der Waals surface area contributed by atoms with Gasteiger partial charge < -0.3 is 15.8 Å². The van der Waals surface area contributed by atoms with Crippen molar-refractivity contribution in [1.82, 2.24) is 5.32 Å². The predicted molar refractivity (Wildman–Crippen MR) is 69.2 cm³/mol. The monoisotopic (exact) mass is 270 g/mol. The topological polar surface area (TPSA) is 98.5 Å². The molecule has 1 saturated heterocycles. The van der Waals surface area contributed by atoms with Crippen molar-refractivity contribution in [2.75, 3.05) is 6.61 Å². The molecule has 108 valence electrons. The Bertz CT molecular complexity index is 379. The fraction of sp³-hybridized carbons (Fsp3) is 0.769. The van der Waals surface area contributed by atoms with Crippen LogP contribution in [0.2, 0.25) is 0 Å². The highest BCUT2D eigenvalue weighted by Crippen LogP contribution is 2.21. The van der Waals surface area contributed by atoms with E-state index in [9.17, 15) is 14.4 Å². The van der Waals surface area contributed by atoms with Crippen molar-refractivity contribution < 1.29 is 19.1 Å². The minimum Gasteiger partial charge on any atom is -0.369 e. The Kier molecular flexibility index (Phi) is 5.05. The number of amides is 2. The minimum atomic E-state index is -0.725. The number of carbonyl (C=O) groups excluding carboxylic acids is 3.